The van der Waals surface area contributed by atoms with Crippen molar-refractivity contribution in [1.29, 1.82) is 5.26 Å². The SMILES string of the molecule is Cc1ccccc1-n1ncc(C(=O)NC(C#N)CC(C)C)c1C. The summed E-state index contributed by atoms with van der Waals surface area (Å²) in [6.45, 7) is 7.92. The van der Waals surface area contributed by atoms with Gasteiger partial charge in [0.05, 0.1) is 29.2 Å². The van der Waals surface area contributed by atoms with Gasteiger partial charge in [0.15, 0.2) is 0 Å². The fourth-order valence-electron chi connectivity index (χ4n) is 2.53. The van der Waals surface area contributed by atoms with Gasteiger partial charge in [0.1, 0.15) is 6.04 Å². The third kappa shape index (κ3) is 3.78. The smallest absolute Gasteiger partial charge is 0.255 e. The number of carbonyl (C=O) groups excluding carboxylic acids is 1. The summed E-state index contributed by atoms with van der Waals surface area (Å²) < 4.78 is 1.76. The summed E-state index contributed by atoms with van der Waals surface area (Å²) in [6.07, 6.45) is 2.19. The lowest BCUT2D eigenvalue weighted by molar-refractivity contribution is 0.0941. The largest absolute Gasteiger partial charge is 0.336 e. The second kappa shape index (κ2) is 7.10. The second-order valence-electron chi connectivity index (χ2n) is 6.13. The van der Waals surface area contributed by atoms with Crippen molar-refractivity contribution in [3.05, 3.63) is 47.3 Å². The van der Waals surface area contributed by atoms with E-state index in [1.807, 2.05) is 52.0 Å². The van der Waals surface area contributed by atoms with E-state index >= 15 is 0 Å². The maximum absolute atomic E-state index is 12.4. The van der Waals surface area contributed by atoms with Crippen LogP contribution in [-0.4, -0.2) is 21.7 Å². The summed E-state index contributed by atoms with van der Waals surface area (Å²) in [5.41, 5.74) is 3.29. The van der Waals surface area contributed by atoms with E-state index in [-0.39, 0.29) is 5.91 Å². The van der Waals surface area contributed by atoms with Crippen molar-refractivity contribution in [2.24, 2.45) is 5.92 Å². The van der Waals surface area contributed by atoms with Crippen LogP contribution in [0.3, 0.4) is 0 Å². The molecule has 0 aliphatic heterocycles. The third-order valence-corrected chi connectivity index (χ3v) is 3.77. The van der Waals surface area contributed by atoms with Crippen molar-refractivity contribution >= 4 is 5.91 Å². The van der Waals surface area contributed by atoms with E-state index in [0.29, 0.717) is 17.9 Å². The normalized spacial score (nSPS) is 12.0. The molecule has 0 aliphatic rings. The Balaban J connectivity index is 2.24. The molecule has 1 atom stereocenters. The first-order chi connectivity index (χ1) is 10.9. The number of para-hydroxylation sites is 1. The minimum Gasteiger partial charge on any atom is -0.336 e. The molecule has 0 radical (unpaired) electrons. The van der Waals surface area contributed by atoms with Crippen molar-refractivity contribution in [1.82, 2.24) is 15.1 Å². The molecule has 5 heteroatoms. The molecule has 1 aromatic heterocycles. The molecule has 1 unspecified atom stereocenters. The predicted molar refractivity (Wildman–Crippen MR) is 89.4 cm³/mol. The molecule has 0 saturated heterocycles. The third-order valence-electron chi connectivity index (χ3n) is 3.77. The zero-order valence-electron chi connectivity index (χ0n) is 14.0. The van der Waals surface area contributed by atoms with Gasteiger partial charge in [-0.05, 0) is 37.8 Å². The fraction of sp³-hybridized carbons (Fsp3) is 0.389. The van der Waals surface area contributed by atoms with Gasteiger partial charge >= 0.3 is 0 Å². The number of amides is 1. The Labute approximate surface area is 136 Å². The molecule has 0 aliphatic carbocycles. The Morgan fingerprint density at radius 2 is 2.04 bits per heavy atom. The Kier molecular flexibility index (Phi) is 5.17. The molecule has 5 nitrogen and oxygen atoms in total. The number of hydrogen-bond acceptors (Lipinski definition) is 3. The Morgan fingerprint density at radius 1 is 1.35 bits per heavy atom. The van der Waals surface area contributed by atoms with Gasteiger partial charge in [-0.2, -0.15) is 10.4 Å². The van der Waals surface area contributed by atoms with Crippen LogP contribution < -0.4 is 5.32 Å². The number of nitrogens with zero attached hydrogens (tertiary/aromatic N) is 3. The summed E-state index contributed by atoms with van der Waals surface area (Å²) in [4.78, 5) is 12.4. The standard InChI is InChI=1S/C18H22N4O/c1-12(2)9-15(10-19)21-18(23)16-11-20-22(14(16)4)17-8-6-5-7-13(17)3/h5-8,11-12,15H,9H2,1-4H3,(H,21,23). The lowest BCUT2D eigenvalue weighted by Crippen LogP contribution is -2.34. The number of carbonyl (C=O) groups is 1. The first-order valence-electron chi connectivity index (χ1n) is 7.75. The molecule has 1 amide bonds. The number of aryl methyl sites for hydroxylation is 1. The van der Waals surface area contributed by atoms with Crippen LogP contribution in [0.4, 0.5) is 0 Å². The molecule has 120 valence electrons. The van der Waals surface area contributed by atoms with Crippen LogP contribution in [0.1, 0.15) is 41.9 Å². The highest BCUT2D eigenvalue weighted by atomic mass is 16.1. The van der Waals surface area contributed by atoms with Gasteiger partial charge in [0, 0.05) is 0 Å². The molecular formula is C18H22N4O. The summed E-state index contributed by atoms with van der Waals surface area (Å²) in [6, 6.07) is 9.54. The summed E-state index contributed by atoms with van der Waals surface area (Å²) in [5.74, 6) is 0.0882. The number of rotatable bonds is 5. The van der Waals surface area contributed by atoms with Crippen molar-refractivity contribution in [3.63, 3.8) is 0 Å². The van der Waals surface area contributed by atoms with Crippen LogP contribution in [0, 0.1) is 31.1 Å². The molecular weight excluding hydrogens is 288 g/mol. The molecule has 23 heavy (non-hydrogen) atoms. The van der Waals surface area contributed by atoms with Crippen LogP contribution in [0.15, 0.2) is 30.5 Å². The number of aromatic nitrogens is 2. The zero-order valence-corrected chi connectivity index (χ0v) is 14.0. The molecule has 2 aromatic rings. The first-order valence-corrected chi connectivity index (χ1v) is 7.75. The van der Waals surface area contributed by atoms with Crippen LogP contribution in [0.2, 0.25) is 0 Å². The Morgan fingerprint density at radius 3 is 2.65 bits per heavy atom. The molecule has 1 heterocycles. The zero-order chi connectivity index (χ0) is 17.0. The van der Waals surface area contributed by atoms with Crippen molar-refractivity contribution < 1.29 is 4.79 Å². The van der Waals surface area contributed by atoms with E-state index in [1.54, 1.807) is 10.9 Å². The topological polar surface area (TPSA) is 70.7 Å². The fourth-order valence-corrected chi connectivity index (χ4v) is 2.53. The Hall–Kier alpha value is -2.61. The lowest BCUT2D eigenvalue weighted by atomic mass is 10.0. The first kappa shape index (κ1) is 16.8. The van der Waals surface area contributed by atoms with Crippen LogP contribution in [-0.2, 0) is 0 Å². The number of hydrogen-bond donors (Lipinski definition) is 1. The van der Waals surface area contributed by atoms with Crippen molar-refractivity contribution in [3.8, 4) is 11.8 Å². The van der Waals surface area contributed by atoms with E-state index in [0.717, 1.165) is 16.9 Å². The van der Waals surface area contributed by atoms with E-state index < -0.39 is 6.04 Å². The van der Waals surface area contributed by atoms with Gasteiger partial charge in [-0.25, -0.2) is 4.68 Å². The lowest BCUT2D eigenvalue weighted by Gasteiger charge is -2.13. The molecule has 0 saturated carbocycles. The number of nitrogens with one attached hydrogen (secondary N) is 1. The average molecular weight is 310 g/mol. The van der Waals surface area contributed by atoms with Crippen LogP contribution in [0.5, 0.6) is 0 Å². The monoisotopic (exact) mass is 310 g/mol. The quantitative estimate of drug-likeness (QED) is 0.922. The molecule has 0 spiro atoms. The molecule has 0 bridgehead atoms. The molecule has 0 fully saturated rings. The minimum absolute atomic E-state index is 0.255. The van der Waals surface area contributed by atoms with Crippen LogP contribution in [0.25, 0.3) is 5.69 Å². The van der Waals surface area contributed by atoms with Gasteiger partial charge in [-0.15, -0.1) is 0 Å². The van der Waals surface area contributed by atoms with Gasteiger partial charge in [0.25, 0.3) is 5.91 Å². The maximum atomic E-state index is 12.4. The van der Waals surface area contributed by atoms with E-state index in [1.165, 1.54) is 0 Å². The average Bonchev–Trinajstić information content (AvgIpc) is 2.88. The number of benzene rings is 1. The highest BCUT2D eigenvalue weighted by Gasteiger charge is 2.19. The van der Waals surface area contributed by atoms with Gasteiger partial charge in [-0.3, -0.25) is 4.79 Å². The van der Waals surface area contributed by atoms with Gasteiger partial charge < -0.3 is 5.32 Å². The minimum atomic E-state index is -0.483. The summed E-state index contributed by atoms with van der Waals surface area (Å²) in [5, 5.41) is 16.3. The van der Waals surface area contributed by atoms with Gasteiger partial charge in [0.2, 0.25) is 0 Å². The van der Waals surface area contributed by atoms with Gasteiger partial charge in [-0.1, -0.05) is 32.0 Å². The van der Waals surface area contributed by atoms with Crippen LogP contribution >= 0.6 is 0 Å². The summed E-state index contributed by atoms with van der Waals surface area (Å²) >= 11 is 0. The predicted octanol–water partition coefficient (Wildman–Crippen LogP) is 3.16. The summed E-state index contributed by atoms with van der Waals surface area (Å²) in [7, 11) is 0. The Bertz CT molecular complexity index is 740. The maximum Gasteiger partial charge on any atom is 0.255 e. The second-order valence-corrected chi connectivity index (χ2v) is 6.13. The molecule has 2 rings (SSSR count). The molecule has 1 aromatic carbocycles. The van der Waals surface area contributed by atoms with Crippen molar-refractivity contribution in [2.45, 2.75) is 40.2 Å². The highest BCUT2D eigenvalue weighted by Crippen LogP contribution is 2.17. The van der Waals surface area contributed by atoms with Crippen molar-refractivity contribution in [2.75, 3.05) is 0 Å². The van der Waals surface area contributed by atoms with E-state index in [2.05, 4.69) is 16.5 Å². The highest BCUT2D eigenvalue weighted by molar-refractivity contribution is 5.95. The number of nitriles is 1. The van der Waals surface area contributed by atoms with E-state index in [4.69, 9.17) is 0 Å². The van der Waals surface area contributed by atoms with E-state index in [9.17, 15) is 10.1 Å². The molecule has 1 N–H and O–H groups in total.